The number of rotatable bonds is 6. The van der Waals surface area contributed by atoms with Crippen LogP contribution < -0.4 is 5.32 Å². The molecule has 5 heteroatoms. The molecule has 0 aliphatic carbocycles. The second-order valence-corrected chi connectivity index (χ2v) is 6.36. The van der Waals surface area contributed by atoms with Crippen LogP contribution in [0.2, 0.25) is 0 Å². The van der Waals surface area contributed by atoms with Gasteiger partial charge < -0.3 is 15.3 Å². The van der Waals surface area contributed by atoms with Crippen LogP contribution in [-0.4, -0.2) is 47.6 Å². The summed E-state index contributed by atoms with van der Waals surface area (Å²) in [7, 11) is 0. The lowest BCUT2D eigenvalue weighted by Gasteiger charge is -2.31. The van der Waals surface area contributed by atoms with E-state index in [4.69, 9.17) is 5.11 Å². The number of benzene rings is 1. The van der Waals surface area contributed by atoms with Crippen molar-refractivity contribution in [2.75, 3.05) is 19.6 Å². The van der Waals surface area contributed by atoms with Crippen molar-refractivity contribution in [3.8, 4) is 0 Å². The van der Waals surface area contributed by atoms with Gasteiger partial charge in [-0.05, 0) is 31.2 Å². The highest BCUT2D eigenvalue weighted by Crippen LogP contribution is 2.19. The third-order valence-corrected chi connectivity index (χ3v) is 4.85. The Labute approximate surface area is 137 Å². The number of aliphatic carboxylic acids is 1. The topological polar surface area (TPSA) is 69.6 Å². The smallest absolute Gasteiger partial charge is 0.306 e. The molecule has 0 spiro atoms. The lowest BCUT2D eigenvalue weighted by Crippen LogP contribution is -2.46. The summed E-state index contributed by atoms with van der Waals surface area (Å²) in [6.45, 7) is 5.62. The van der Waals surface area contributed by atoms with Gasteiger partial charge in [-0.15, -0.1) is 0 Å². The number of carbonyl (C=O) groups is 2. The van der Waals surface area contributed by atoms with Crippen LogP contribution in [0.1, 0.15) is 38.2 Å². The van der Waals surface area contributed by atoms with E-state index in [9.17, 15) is 9.59 Å². The third-order valence-electron chi connectivity index (χ3n) is 4.85. The first-order chi connectivity index (χ1) is 11.0. The van der Waals surface area contributed by atoms with Crippen molar-refractivity contribution in [3.05, 3.63) is 35.9 Å². The van der Waals surface area contributed by atoms with Crippen LogP contribution in [-0.2, 0) is 9.59 Å². The van der Waals surface area contributed by atoms with Crippen LogP contribution in [0.4, 0.5) is 0 Å². The summed E-state index contributed by atoms with van der Waals surface area (Å²) in [5.41, 5.74) is 1.25. The molecule has 23 heavy (non-hydrogen) atoms. The van der Waals surface area contributed by atoms with Crippen molar-refractivity contribution in [1.29, 1.82) is 0 Å². The number of carboxylic acid groups (broad SMARTS) is 1. The van der Waals surface area contributed by atoms with E-state index < -0.39 is 5.97 Å². The van der Waals surface area contributed by atoms with E-state index in [1.165, 1.54) is 5.56 Å². The highest BCUT2D eigenvalue weighted by molar-refractivity contribution is 5.79. The molecule has 0 aromatic heterocycles. The van der Waals surface area contributed by atoms with Crippen molar-refractivity contribution in [3.63, 3.8) is 0 Å². The Morgan fingerprint density at radius 2 is 1.83 bits per heavy atom. The van der Waals surface area contributed by atoms with Crippen LogP contribution in [0.3, 0.4) is 0 Å². The van der Waals surface area contributed by atoms with E-state index in [1.807, 2.05) is 18.2 Å². The minimum atomic E-state index is -0.750. The van der Waals surface area contributed by atoms with Gasteiger partial charge in [-0.2, -0.15) is 0 Å². The third kappa shape index (κ3) is 4.79. The van der Waals surface area contributed by atoms with Gasteiger partial charge in [0.2, 0.25) is 5.91 Å². The Morgan fingerprint density at radius 1 is 1.22 bits per heavy atom. The summed E-state index contributed by atoms with van der Waals surface area (Å²) >= 11 is 0. The number of piperidine rings is 1. The van der Waals surface area contributed by atoms with Crippen LogP contribution in [0, 0.1) is 5.92 Å². The van der Waals surface area contributed by atoms with Gasteiger partial charge in [0.1, 0.15) is 0 Å². The normalized spacial score (nSPS) is 18.4. The zero-order valence-corrected chi connectivity index (χ0v) is 13.9. The number of likely N-dealkylation sites (tertiary alicyclic amines) is 1. The lowest BCUT2D eigenvalue weighted by atomic mass is 9.94. The Balaban J connectivity index is 1.77. The largest absolute Gasteiger partial charge is 0.481 e. The number of hydrogen-bond acceptors (Lipinski definition) is 3. The Bertz CT molecular complexity index is 524. The molecule has 0 bridgehead atoms. The average Bonchev–Trinajstić information content (AvgIpc) is 2.59. The SMILES string of the molecule is CC(NCC(=O)N1CCC(C(=O)O)CC1)C(C)c1ccccc1. The molecule has 2 atom stereocenters. The fourth-order valence-corrected chi connectivity index (χ4v) is 2.96. The summed E-state index contributed by atoms with van der Waals surface area (Å²) < 4.78 is 0. The molecule has 1 aliphatic rings. The summed E-state index contributed by atoms with van der Waals surface area (Å²) in [5, 5.41) is 12.3. The van der Waals surface area contributed by atoms with Crippen molar-refractivity contribution in [1.82, 2.24) is 10.2 Å². The molecule has 1 amide bonds. The van der Waals surface area contributed by atoms with E-state index >= 15 is 0 Å². The summed E-state index contributed by atoms with van der Waals surface area (Å²) in [6, 6.07) is 10.4. The maximum absolute atomic E-state index is 12.3. The van der Waals surface area contributed by atoms with Crippen molar-refractivity contribution in [2.45, 2.75) is 38.6 Å². The van der Waals surface area contributed by atoms with E-state index in [0.717, 1.165) is 0 Å². The van der Waals surface area contributed by atoms with Crippen molar-refractivity contribution >= 4 is 11.9 Å². The number of hydrogen-bond donors (Lipinski definition) is 2. The van der Waals surface area contributed by atoms with Gasteiger partial charge in [0.15, 0.2) is 0 Å². The predicted molar refractivity (Wildman–Crippen MR) is 89.3 cm³/mol. The van der Waals surface area contributed by atoms with Gasteiger partial charge in [0.05, 0.1) is 12.5 Å². The molecule has 2 unspecified atom stereocenters. The highest BCUT2D eigenvalue weighted by Gasteiger charge is 2.27. The van der Waals surface area contributed by atoms with E-state index in [1.54, 1.807) is 4.90 Å². The van der Waals surface area contributed by atoms with Crippen molar-refractivity contribution < 1.29 is 14.7 Å². The van der Waals surface area contributed by atoms with Crippen LogP contribution >= 0.6 is 0 Å². The Morgan fingerprint density at radius 3 is 2.39 bits per heavy atom. The van der Waals surface area contributed by atoms with Gasteiger partial charge in [-0.25, -0.2) is 0 Å². The fourth-order valence-electron chi connectivity index (χ4n) is 2.96. The maximum atomic E-state index is 12.3. The molecule has 1 fully saturated rings. The highest BCUT2D eigenvalue weighted by atomic mass is 16.4. The van der Waals surface area contributed by atoms with Crippen molar-refractivity contribution in [2.24, 2.45) is 5.92 Å². The molecule has 1 heterocycles. The number of amides is 1. The molecule has 0 radical (unpaired) electrons. The maximum Gasteiger partial charge on any atom is 0.306 e. The molecule has 2 N–H and O–H groups in total. The second-order valence-electron chi connectivity index (χ2n) is 6.36. The van der Waals surface area contributed by atoms with Gasteiger partial charge in [-0.3, -0.25) is 9.59 Å². The Kier molecular flexibility index (Phi) is 6.16. The minimum Gasteiger partial charge on any atom is -0.481 e. The number of nitrogens with one attached hydrogen (secondary N) is 1. The monoisotopic (exact) mass is 318 g/mol. The fraction of sp³-hybridized carbons (Fsp3) is 0.556. The summed E-state index contributed by atoms with van der Waals surface area (Å²) in [4.78, 5) is 25.0. The quantitative estimate of drug-likeness (QED) is 0.843. The van der Waals surface area contributed by atoms with Gasteiger partial charge in [0, 0.05) is 19.1 Å². The van der Waals surface area contributed by atoms with Crippen LogP contribution in [0.5, 0.6) is 0 Å². The molecule has 0 saturated carbocycles. The molecule has 2 rings (SSSR count). The number of carboxylic acids is 1. The predicted octanol–water partition coefficient (Wildman–Crippen LogP) is 2.09. The average molecular weight is 318 g/mol. The van der Waals surface area contributed by atoms with Gasteiger partial charge in [-0.1, -0.05) is 37.3 Å². The zero-order chi connectivity index (χ0) is 16.8. The lowest BCUT2D eigenvalue weighted by molar-refractivity contribution is -0.145. The first-order valence-electron chi connectivity index (χ1n) is 8.28. The summed E-state index contributed by atoms with van der Waals surface area (Å²) in [5.74, 6) is -0.674. The second kappa shape index (κ2) is 8.11. The van der Waals surface area contributed by atoms with Gasteiger partial charge >= 0.3 is 5.97 Å². The molecule has 126 valence electrons. The molecule has 1 aromatic carbocycles. The number of carbonyl (C=O) groups excluding carboxylic acids is 1. The molecule has 5 nitrogen and oxygen atoms in total. The first kappa shape index (κ1) is 17.5. The number of nitrogens with zero attached hydrogens (tertiary/aromatic N) is 1. The Hall–Kier alpha value is -1.88. The van der Waals surface area contributed by atoms with Crippen LogP contribution in [0.15, 0.2) is 30.3 Å². The first-order valence-corrected chi connectivity index (χ1v) is 8.28. The molecule has 1 saturated heterocycles. The zero-order valence-electron chi connectivity index (χ0n) is 13.9. The molecular formula is C18H26N2O3. The van der Waals surface area contributed by atoms with Gasteiger partial charge in [0.25, 0.3) is 0 Å². The summed E-state index contributed by atoms with van der Waals surface area (Å²) in [6.07, 6.45) is 1.11. The molecule has 1 aromatic rings. The molecule has 1 aliphatic heterocycles. The van der Waals surface area contributed by atoms with E-state index in [2.05, 4.69) is 31.3 Å². The van der Waals surface area contributed by atoms with E-state index in [0.29, 0.717) is 38.4 Å². The molecular weight excluding hydrogens is 292 g/mol. The van der Waals surface area contributed by atoms with Crippen LogP contribution in [0.25, 0.3) is 0 Å². The minimum absolute atomic E-state index is 0.0564. The van der Waals surface area contributed by atoms with E-state index in [-0.39, 0.29) is 17.9 Å². The standard InChI is InChI=1S/C18H26N2O3/c1-13(15-6-4-3-5-7-15)14(2)19-12-17(21)20-10-8-16(9-11-20)18(22)23/h3-7,13-14,16,19H,8-12H2,1-2H3,(H,22,23).